The van der Waals surface area contributed by atoms with Crippen molar-refractivity contribution in [2.75, 3.05) is 0 Å². The lowest BCUT2D eigenvalue weighted by Crippen LogP contribution is -2.30. The molecule has 0 bridgehead atoms. The van der Waals surface area contributed by atoms with Gasteiger partial charge in [0.25, 0.3) is 0 Å². The van der Waals surface area contributed by atoms with Crippen LogP contribution in [-0.2, 0) is 6.42 Å². The van der Waals surface area contributed by atoms with Gasteiger partial charge in [0.15, 0.2) is 0 Å². The number of nitrogens with two attached hydrogens (primary N) is 1. The fraction of sp³-hybridized carbons (Fsp3) is 0.200. The van der Waals surface area contributed by atoms with E-state index in [0.717, 1.165) is 9.13 Å². The van der Waals surface area contributed by atoms with E-state index in [9.17, 15) is 4.39 Å². The number of halogens is 3. The number of nitrogens with one attached hydrogen (secondary N) is 1. The lowest BCUT2D eigenvalue weighted by Gasteiger charge is -2.19. The maximum atomic E-state index is 13.8. The molecule has 2 aromatic carbocycles. The van der Waals surface area contributed by atoms with E-state index in [1.165, 1.54) is 11.6 Å². The van der Waals surface area contributed by atoms with Gasteiger partial charge < -0.3 is 0 Å². The van der Waals surface area contributed by atoms with Crippen LogP contribution in [-0.4, -0.2) is 0 Å². The summed E-state index contributed by atoms with van der Waals surface area (Å²) in [5.41, 5.74) is 5.56. The van der Waals surface area contributed by atoms with Crippen LogP contribution < -0.4 is 11.3 Å². The van der Waals surface area contributed by atoms with Crippen molar-refractivity contribution in [3.63, 3.8) is 0 Å². The second-order valence-corrected chi connectivity index (χ2v) is 6.15. The minimum absolute atomic E-state index is 0.158. The number of hydrogen-bond donors (Lipinski definition) is 2. The Kier molecular flexibility index (Phi) is 5.37. The van der Waals surface area contributed by atoms with Crippen LogP contribution in [0.25, 0.3) is 0 Å². The van der Waals surface area contributed by atoms with Gasteiger partial charge in [0.05, 0.1) is 6.04 Å². The van der Waals surface area contributed by atoms with Crippen molar-refractivity contribution in [3.8, 4) is 0 Å². The first-order valence-electron chi connectivity index (χ1n) is 6.18. The summed E-state index contributed by atoms with van der Waals surface area (Å²) in [7, 11) is 0. The number of benzene rings is 2. The summed E-state index contributed by atoms with van der Waals surface area (Å²) in [6, 6.07) is 10.4. The Bertz CT molecular complexity index is 619. The molecule has 0 saturated carbocycles. The average molecular weight is 405 g/mol. The van der Waals surface area contributed by atoms with Crippen LogP contribution in [0.1, 0.15) is 22.7 Å². The summed E-state index contributed by atoms with van der Waals surface area (Å²) in [5, 5.41) is 0.524. The van der Waals surface area contributed by atoms with Crippen molar-refractivity contribution >= 4 is 34.2 Å². The third kappa shape index (κ3) is 3.49. The monoisotopic (exact) mass is 404 g/mol. The van der Waals surface area contributed by atoms with Crippen LogP contribution in [0, 0.1) is 16.3 Å². The molecule has 1 atom stereocenters. The molecule has 2 nitrogen and oxygen atoms in total. The van der Waals surface area contributed by atoms with Gasteiger partial charge in [0.1, 0.15) is 5.82 Å². The van der Waals surface area contributed by atoms with Crippen LogP contribution >= 0.6 is 34.2 Å². The number of aryl methyl sites for hydroxylation is 1. The SMILES string of the molecule is Cc1cccc(C(Cc2cc(Cl)ccc2F)NN)c1I. The predicted molar refractivity (Wildman–Crippen MR) is 89.1 cm³/mol. The number of hydrogen-bond acceptors (Lipinski definition) is 2. The average Bonchev–Trinajstić information content (AvgIpc) is 2.43. The molecule has 0 aromatic heterocycles. The Hall–Kier alpha value is -0.690. The van der Waals surface area contributed by atoms with E-state index in [4.69, 9.17) is 17.4 Å². The fourth-order valence-electron chi connectivity index (χ4n) is 2.12. The van der Waals surface area contributed by atoms with Gasteiger partial charge in [0.2, 0.25) is 0 Å². The highest BCUT2D eigenvalue weighted by atomic mass is 127. The first-order chi connectivity index (χ1) is 9.52. The highest BCUT2D eigenvalue weighted by Gasteiger charge is 2.16. The highest BCUT2D eigenvalue weighted by Crippen LogP contribution is 2.27. The fourth-order valence-corrected chi connectivity index (χ4v) is 3.05. The molecule has 0 aliphatic rings. The minimum Gasteiger partial charge on any atom is -0.271 e. The molecule has 0 radical (unpaired) electrons. The first-order valence-corrected chi connectivity index (χ1v) is 7.63. The van der Waals surface area contributed by atoms with Crippen LogP contribution in [0.3, 0.4) is 0 Å². The minimum atomic E-state index is -0.266. The molecule has 5 heteroatoms. The molecule has 2 aromatic rings. The molecule has 3 N–H and O–H groups in total. The molecule has 2 rings (SSSR count). The molecule has 0 saturated heterocycles. The number of rotatable bonds is 4. The van der Waals surface area contributed by atoms with E-state index in [2.05, 4.69) is 28.0 Å². The Labute approximate surface area is 136 Å². The van der Waals surface area contributed by atoms with Crippen molar-refractivity contribution in [2.45, 2.75) is 19.4 Å². The Balaban J connectivity index is 2.34. The summed E-state index contributed by atoms with van der Waals surface area (Å²) in [6.07, 6.45) is 0.447. The maximum absolute atomic E-state index is 13.8. The van der Waals surface area contributed by atoms with E-state index in [0.29, 0.717) is 17.0 Å². The zero-order valence-electron chi connectivity index (χ0n) is 11.0. The molecule has 0 heterocycles. The zero-order chi connectivity index (χ0) is 14.7. The molecule has 0 aliphatic carbocycles. The van der Waals surface area contributed by atoms with E-state index in [1.807, 2.05) is 25.1 Å². The maximum Gasteiger partial charge on any atom is 0.126 e. The molecule has 0 spiro atoms. The lowest BCUT2D eigenvalue weighted by atomic mass is 9.98. The van der Waals surface area contributed by atoms with Crippen molar-refractivity contribution in [1.82, 2.24) is 5.43 Å². The molecular formula is C15H15ClFIN2. The second-order valence-electron chi connectivity index (χ2n) is 4.64. The third-order valence-electron chi connectivity index (χ3n) is 3.23. The van der Waals surface area contributed by atoms with Gasteiger partial charge in [-0.05, 0) is 70.8 Å². The summed E-state index contributed by atoms with van der Waals surface area (Å²) >= 11 is 8.21. The number of hydrazine groups is 1. The van der Waals surface area contributed by atoms with E-state index < -0.39 is 0 Å². The zero-order valence-corrected chi connectivity index (χ0v) is 13.9. The van der Waals surface area contributed by atoms with Crippen LogP contribution in [0.4, 0.5) is 4.39 Å². The van der Waals surface area contributed by atoms with Crippen LogP contribution in [0.15, 0.2) is 36.4 Å². The molecule has 1 unspecified atom stereocenters. The van der Waals surface area contributed by atoms with Gasteiger partial charge in [-0.15, -0.1) is 0 Å². The van der Waals surface area contributed by atoms with Gasteiger partial charge in [0, 0.05) is 8.59 Å². The smallest absolute Gasteiger partial charge is 0.126 e. The normalized spacial score (nSPS) is 12.4. The van der Waals surface area contributed by atoms with Crippen LogP contribution in [0.2, 0.25) is 5.02 Å². The van der Waals surface area contributed by atoms with Gasteiger partial charge in [-0.25, -0.2) is 4.39 Å². The Morgan fingerprint density at radius 2 is 2.10 bits per heavy atom. The van der Waals surface area contributed by atoms with Crippen molar-refractivity contribution < 1.29 is 4.39 Å². The van der Waals surface area contributed by atoms with Gasteiger partial charge in [-0.2, -0.15) is 0 Å². The molecule has 0 fully saturated rings. The summed E-state index contributed by atoms with van der Waals surface area (Å²) < 4.78 is 15.0. The van der Waals surface area contributed by atoms with Crippen LogP contribution in [0.5, 0.6) is 0 Å². The topological polar surface area (TPSA) is 38.0 Å². The van der Waals surface area contributed by atoms with Crippen molar-refractivity contribution in [2.24, 2.45) is 5.84 Å². The predicted octanol–water partition coefficient (Wildman–Crippen LogP) is 4.14. The van der Waals surface area contributed by atoms with E-state index in [-0.39, 0.29) is 11.9 Å². The molecular weight excluding hydrogens is 390 g/mol. The van der Waals surface area contributed by atoms with E-state index in [1.54, 1.807) is 12.1 Å². The lowest BCUT2D eigenvalue weighted by molar-refractivity contribution is 0.527. The van der Waals surface area contributed by atoms with Gasteiger partial charge >= 0.3 is 0 Å². The summed E-state index contributed by atoms with van der Waals surface area (Å²) in [4.78, 5) is 0. The summed E-state index contributed by atoms with van der Waals surface area (Å²) in [5.74, 6) is 5.38. The Morgan fingerprint density at radius 3 is 2.80 bits per heavy atom. The summed E-state index contributed by atoms with van der Waals surface area (Å²) in [6.45, 7) is 2.04. The van der Waals surface area contributed by atoms with Crippen molar-refractivity contribution in [3.05, 3.63) is 67.5 Å². The van der Waals surface area contributed by atoms with E-state index >= 15 is 0 Å². The standard InChI is InChI=1S/C15H15ClFIN2/c1-9-3-2-4-12(15(9)18)14(20-19)8-10-7-11(16)5-6-13(10)17/h2-7,14,20H,8,19H2,1H3. The second kappa shape index (κ2) is 6.85. The molecule has 0 aliphatic heterocycles. The van der Waals surface area contributed by atoms with Gasteiger partial charge in [-0.1, -0.05) is 29.8 Å². The molecule has 106 valence electrons. The third-order valence-corrected chi connectivity index (χ3v) is 4.94. The quantitative estimate of drug-likeness (QED) is 0.457. The van der Waals surface area contributed by atoms with Gasteiger partial charge in [-0.3, -0.25) is 11.3 Å². The molecule has 0 amide bonds. The first kappa shape index (κ1) is 15.7. The highest BCUT2D eigenvalue weighted by molar-refractivity contribution is 14.1. The van der Waals surface area contributed by atoms with Crippen molar-refractivity contribution in [1.29, 1.82) is 0 Å². The largest absolute Gasteiger partial charge is 0.271 e. The Morgan fingerprint density at radius 1 is 1.35 bits per heavy atom. The molecule has 20 heavy (non-hydrogen) atoms.